The van der Waals surface area contributed by atoms with E-state index >= 15 is 0 Å². The summed E-state index contributed by atoms with van der Waals surface area (Å²) in [6.45, 7) is 17.5. The molecule has 0 radical (unpaired) electrons. The van der Waals surface area contributed by atoms with Crippen molar-refractivity contribution in [3.8, 4) is 0 Å². The zero-order valence-electron chi connectivity index (χ0n) is 20.8. The van der Waals surface area contributed by atoms with Gasteiger partial charge in [-0.25, -0.2) is 0 Å². The van der Waals surface area contributed by atoms with E-state index in [-0.39, 0.29) is 5.75 Å². The summed E-state index contributed by atoms with van der Waals surface area (Å²) in [5, 5.41) is 0. The summed E-state index contributed by atoms with van der Waals surface area (Å²) < 4.78 is 26.9. The van der Waals surface area contributed by atoms with E-state index < -0.39 is 10.1 Å². The second-order valence-electron chi connectivity index (χ2n) is 11.8. The average Bonchev–Trinajstić information content (AvgIpc) is 3.50. The van der Waals surface area contributed by atoms with E-state index in [0.29, 0.717) is 16.7 Å². The van der Waals surface area contributed by atoms with E-state index in [1.54, 1.807) is 5.56 Å². The van der Waals surface area contributed by atoms with Crippen molar-refractivity contribution in [1.29, 1.82) is 0 Å². The summed E-state index contributed by atoms with van der Waals surface area (Å²) in [7, 11) is -3.66. The number of nitrogens with zero attached hydrogens (tertiary/aromatic N) is 2. The van der Waals surface area contributed by atoms with Crippen LogP contribution < -0.4 is 4.90 Å². The third kappa shape index (κ3) is 7.74. The van der Waals surface area contributed by atoms with E-state index in [9.17, 15) is 8.42 Å². The summed E-state index contributed by atoms with van der Waals surface area (Å²) >= 11 is 0. The topological polar surface area (TPSA) is 60.9 Å². The average molecular weight is 465 g/mol. The molecule has 0 atom stereocenters. The molecule has 4 rings (SSSR count). The van der Waals surface area contributed by atoms with Gasteiger partial charge in [-0.15, -0.1) is 0 Å². The van der Waals surface area contributed by atoms with Crippen molar-refractivity contribution in [2.75, 3.05) is 43.4 Å². The Kier molecular flexibility index (Phi) is 7.99. The van der Waals surface area contributed by atoms with E-state index in [0.717, 1.165) is 5.92 Å². The second-order valence-corrected chi connectivity index (χ2v) is 13.5. The van der Waals surface area contributed by atoms with Crippen LogP contribution in [0.5, 0.6) is 0 Å². The quantitative estimate of drug-likeness (QED) is 0.589. The predicted octanol–water partition coefficient (Wildman–Crippen LogP) is 5.43. The van der Waals surface area contributed by atoms with Gasteiger partial charge in [0.15, 0.2) is 0 Å². The Bertz CT molecular complexity index is 838. The fourth-order valence-corrected chi connectivity index (χ4v) is 6.02. The van der Waals surface area contributed by atoms with Crippen LogP contribution in [-0.4, -0.2) is 56.3 Å². The highest BCUT2D eigenvalue weighted by Gasteiger charge is 2.40. The van der Waals surface area contributed by atoms with E-state index in [2.05, 4.69) is 61.8 Å². The van der Waals surface area contributed by atoms with Crippen LogP contribution in [-0.2, 0) is 10.1 Å². The Labute approximate surface area is 196 Å². The highest BCUT2D eigenvalue weighted by Crippen LogP contribution is 2.53. The van der Waals surface area contributed by atoms with Gasteiger partial charge in [-0.05, 0) is 73.3 Å². The molecule has 3 aliphatic rings. The molecule has 0 unspecified atom stereocenters. The minimum absolute atomic E-state index is 0.201. The van der Waals surface area contributed by atoms with Crippen molar-refractivity contribution < 1.29 is 13.0 Å². The largest absolute Gasteiger partial charge is 0.369 e. The van der Waals surface area contributed by atoms with Gasteiger partial charge in [-0.3, -0.25) is 9.45 Å². The summed E-state index contributed by atoms with van der Waals surface area (Å²) in [5.41, 5.74) is 4.03. The minimum Gasteiger partial charge on any atom is -0.369 e. The van der Waals surface area contributed by atoms with Crippen molar-refractivity contribution in [2.24, 2.45) is 16.7 Å². The summed E-state index contributed by atoms with van der Waals surface area (Å²) in [4.78, 5) is 5.37. The lowest BCUT2D eigenvalue weighted by atomic mass is 9.60. The van der Waals surface area contributed by atoms with Gasteiger partial charge < -0.3 is 4.90 Å². The molecule has 1 aromatic carbocycles. The predicted molar refractivity (Wildman–Crippen MR) is 134 cm³/mol. The molecule has 5 nitrogen and oxygen atoms in total. The smallest absolute Gasteiger partial charge is 0.264 e. The standard InChI is InChI=1S/C24H38N2.C2H6O3S/c1-23(2)15-20(16-24(3,4)18-23)21-7-5-6-8-22(21)26-13-11-25(12-14-26)17-19-9-10-19;1-2-6(3,4)5/h5-8,19-20H,9-18H2,1-4H3;2H2,1H3,(H,3,4,5). The summed E-state index contributed by atoms with van der Waals surface area (Å²) in [5.74, 6) is 1.52. The number of hydrogen-bond acceptors (Lipinski definition) is 4. The number of para-hydroxylation sites is 1. The highest BCUT2D eigenvalue weighted by molar-refractivity contribution is 7.85. The highest BCUT2D eigenvalue weighted by atomic mass is 32.2. The molecule has 0 aromatic heterocycles. The van der Waals surface area contributed by atoms with Gasteiger partial charge >= 0.3 is 0 Å². The van der Waals surface area contributed by atoms with Crippen molar-refractivity contribution in [3.63, 3.8) is 0 Å². The molecule has 3 fully saturated rings. The maximum Gasteiger partial charge on any atom is 0.264 e. The first-order valence-corrected chi connectivity index (χ1v) is 14.0. The summed E-state index contributed by atoms with van der Waals surface area (Å²) in [6, 6.07) is 9.32. The monoisotopic (exact) mass is 464 g/mol. The maximum atomic E-state index is 9.56. The van der Waals surface area contributed by atoms with Crippen LogP contribution in [0.1, 0.15) is 78.2 Å². The second kappa shape index (κ2) is 10.0. The SMILES string of the molecule is CC1(C)CC(c2ccccc2N2CCN(CC3CC3)CC2)CC(C)(C)C1.CCS(=O)(=O)O. The van der Waals surface area contributed by atoms with Gasteiger partial charge in [-0.1, -0.05) is 45.9 Å². The Morgan fingerprint density at radius 3 is 2.00 bits per heavy atom. The van der Waals surface area contributed by atoms with E-state index in [1.165, 1.54) is 77.4 Å². The Hall–Kier alpha value is -1.11. The van der Waals surface area contributed by atoms with Gasteiger partial charge in [-0.2, -0.15) is 8.42 Å². The van der Waals surface area contributed by atoms with E-state index in [1.807, 2.05) is 0 Å². The number of anilines is 1. The van der Waals surface area contributed by atoms with Gasteiger partial charge in [0, 0.05) is 38.4 Å². The molecule has 2 saturated carbocycles. The Balaban J connectivity index is 0.000000427. The molecule has 32 heavy (non-hydrogen) atoms. The third-order valence-corrected chi connectivity index (χ3v) is 7.95. The van der Waals surface area contributed by atoms with Crippen LogP contribution in [0.4, 0.5) is 5.69 Å². The van der Waals surface area contributed by atoms with Crippen molar-refractivity contribution in [3.05, 3.63) is 29.8 Å². The molecular formula is C26H44N2O3S. The van der Waals surface area contributed by atoms with Gasteiger partial charge in [0.05, 0.1) is 5.75 Å². The van der Waals surface area contributed by atoms with Crippen LogP contribution >= 0.6 is 0 Å². The lowest BCUT2D eigenvalue weighted by Crippen LogP contribution is -2.47. The van der Waals surface area contributed by atoms with Crippen LogP contribution in [0.25, 0.3) is 0 Å². The molecule has 2 aliphatic carbocycles. The molecule has 1 aromatic rings. The van der Waals surface area contributed by atoms with Crippen molar-refractivity contribution in [1.82, 2.24) is 4.90 Å². The molecule has 0 amide bonds. The zero-order chi connectivity index (χ0) is 23.6. The first-order valence-electron chi connectivity index (χ1n) is 12.4. The fourth-order valence-electron chi connectivity index (χ4n) is 6.02. The molecule has 182 valence electrons. The normalized spacial score (nSPS) is 24.0. The van der Waals surface area contributed by atoms with E-state index in [4.69, 9.17) is 4.55 Å². The Morgan fingerprint density at radius 2 is 1.50 bits per heavy atom. The molecule has 1 heterocycles. The molecule has 6 heteroatoms. The van der Waals surface area contributed by atoms with Gasteiger partial charge in [0.1, 0.15) is 0 Å². The van der Waals surface area contributed by atoms with Crippen LogP contribution in [0, 0.1) is 16.7 Å². The number of piperazine rings is 1. The van der Waals surface area contributed by atoms with Crippen molar-refractivity contribution in [2.45, 2.75) is 72.6 Å². The lowest BCUT2D eigenvalue weighted by molar-refractivity contribution is 0.0970. The summed E-state index contributed by atoms with van der Waals surface area (Å²) in [6.07, 6.45) is 6.94. The van der Waals surface area contributed by atoms with Gasteiger partial charge in [0.25, 0.3) is 10.1 Å². The first kappa shape index (κ1) is 25.5. The molecule has 1 N–H and O–H groups in total. The Morgan fingerprint density at radius 1 is 0.969 bits per heavy atom. The van der Waals surface area contributed by atoms with Crippen molar-refractivity contribution >= 4 is 15.8 Å². The lowest BCUT2D eigenvalue weighted by Gasteiger charge is -2.46. The fraction of sp³-hybridized carbons (Fsp3) is 0.769. The van der Waals surface area contributed by atoms with Crippen LogP contribution in [0.15, 0.2) is 24.3 Å². The molecular weight excluding hydrogens is 420 g/mol. The number of benzene rings is 1. The van der Waals surface area contributed by atoms with Crippen LogP contribution in [0.2, 0.25) is 0 Å². The number of rotatable bonds is 5. The zero-order valence-corrected chi connectivity index (χ0v) is 21.6. The van der Waals surface area contributed by atoms with Crippen LogP contribution in [0.3, 0.4) is 0 Å². The molecule has 1 saturated heterocycles. The third-order valence-electron chi connectivity index (χ3n) is 7.22. The maximum absolute atomic E-state index is 9.56. The number of hydrogen-bond donors (Lipinski definition) is 1. The first-order chi connectivity index (χ1) is 14.9. The molecule has 0 spiro atoms. The minimum atomic E-state index is -3.66. The molecule has 0 bridgehead atoms. The van der Waals surface area contributed by atoms with Gasteiger partial charge in [0.2, 0.25) is 0 Å². The molecule has 1 aliphatic heterocycles.